The zero-order chi connectivity index (χ0) is 8.06. The van der Waals surface area contributed by atoms with E-state index in [-0.39, 0.29) is 17.6 Å². The van der Waals surface area contributed by atoms with Crippen LogP contribution in [0, 0.1) is 17.3 Å². The molecule has 2 bridgehead atoms. The maximum Gasteiger partial charge on any atom is 0.143 e. The van der Waals surface area contributed by atoms with Crippen LogP contribution in [0.5, 0.6) is 0 Å². The first kappa shape index (κ1) is 6.77. The molecular weight excluding hydrogens is 140 g/mol. The largest absolute Gasteiger partial charge is 0.303 e. The number of hydrogen-bond donors (Lipinski definition) is 0. The van der Waals surface area contributed by atoms with Gasteiger partial charge in [-0.1, -0.05) is 12.2 Å². The molecule has 2 aliphatic rings. The minimum atomic E-state index is -0.452. The molecule has 2 aliphatic carbocycles. The van der Waals surface area contributed by atoms with E-state index in [9.17, 15) is 9.59 Å². The molecule has 2 nitrogen and oxygen atoms in total. The van der Waals surface area contributed by atoms with E-state index in [0.29, 0.717) is 6.42 Å². The second-order valence-corrected chi connectivity index (χ2v) is 3.59. The van der Waals surface area contributed by atoms with Crippen molar-refractivity contribution < 1.29 is 9.59 Å². The summed E-state index contributed by atoms with van der Waals surface area (Å²) in [5.74, 6) is 0.349. The number of carbonyl (C=O) groups excluding carboxylic acids is 2. The number of Topliss-reactive ketones (excluding diaryl/α,β-unsaturated/α-hetero) is 1. The van der Waals surface area contributed by atoms with Gasteiger partial charge in [0.1, 0.15) is 12.1 Å². The van der Waals surface area contributed by atoms with Gasteiger partial charge in [-0.15, -0.1) is 0 Å². The van der Waals surface area contributed by atoms with Gasteiger partial charge in [0, 0.05) is 12.3 Å². The summed E-state index contributed by atoms with van der Waals surface area (Å²) in [4.78, 5) is 21.9. The fourth-order valence-electron chi connectivity index (χ4n) is 2.15. The third kappa shape index (κ3) is 0.621. The topological polar surface area (TPSA) is 34.1 Å². The number of rotatable bonds is 1. The first-order valence-electron chi connectivity index (χ1n) is 3.86. The molecule has 0 radical (unpaired) electrons. The summed E-state index contributed by atoms with van der Waals surface area (Å²) in [6.45, 7) is 1.86. The van der Waals surface area contributed by atoms with E-state index in [2.05, 4.69) is 0 Å². The van der Waals surface area contributed by atoms with E-state index in [1.807, 2.05) is 19.1 Å². The fraction of sp³-hybridized carbons (Fsp3) is 0.556. The predicted molar refractivity (Wildman–Crippen MR) is 39.9 cm³/mol. The van der Waals surface area contributed by atoms with Gasteiger partial charge < -0.3 is 4.79 Å². The highest BCUT2D eigenvalue weighted by Gasteiger charge is 2.52. The molecule has 58 valence electrons. The molecular formula is C9H10O2. The van der Waals surface area contributed by atoms with E-state index in [4.69, 9.17) is 0 Å². The molecule has 0 heterocycles. The van der Waals surface area contributed by atoms with Crippen LogP contribution in [-0.2, 0) is 9.59 Å². The Balaban J connectivity index is 2.45. The second kappa shape index (κ2) is 1.81. The van der Waals surface area contributed by atoms with Crippen molar-refractivity contribution >= 4 is 12.1 Å². The van der Waals surface area contributed by atoms with Gasteiger partial charge in [0.25, 0.3) is 0 Å². The van der Waals surface area contributed by atoms with Crippen LogP contribution in [0.1, 0.15) is 13.3 Å². The molecule has 0 N–H and O–H groups in total. The summed E-state index contributed by atoms with van der Waals surface area (Å²) < 4.78 is 0. The molecule has 0 aromatic carbocycles. The summed E-state index contributed by atoms with van der Waals surface area (Å²) in [5, 5.41) is 0. The van der Waals surface area contributed by atoms with Crippen LogP contribution in [0.3, 0.4) is 0 Å². The molecule has 1 fully saturated rings. The zero-order valence-corrected chi connectivity index (χ0v) is 6.41. The summed E-state index contributed by atoms with van der Waals surface area (Å²) in [5.41, 5.74) is -0.452. The highest BCUT2D eigenvalue weighted by Crippen LogP contribution is 2.49. The summed E-state index contributed by atoms with van der Waals surface area (Å²) >= 11 is 0. The van der Waals surface area contributed by atoms with Gasteiger partial charge in [-0.25, -0.2) is 0 Å². The van der Waals surface area contributed by atoms with Crippen molar-refractivity contribution in [3.63, 3.8) is 0 Å². The number of aldehydes is 1. The number of fused-ring (bicyclic) bond motifs is 2. The molecule has 11 heavy (non-hydrogen) atoms. The molecule has 0 aromatic rings. The maximum absolute atomic E-state index is 11.3. The van der Waals surface area contributed by atoms with Gasteiger partial charge in [0.05, 0.1) is 5.41 Å². The molecule has 0 unspecified atom stereocenters. The quantitative estimate of drug-likeness (QED) is 0.412. The van der Waals surface area contributed by atoms with Crippen molar-refractivity contribution in [1.29, 1.82) is 0 Å². The molecule has 0 spiro atoms. The Labute approximate surface area is 65.3 Å². The molecule has 1 saturated carbocycles. The first-order chi connectivity index (χ1) is 5.18. The van der Waals surface area contributed by atoms with E-state index in [0.717, 1.165) is 6.29 Å². The number of hydrogen-bond acceptors (Lipinski definition) is 2. The van der Waals surface area contributed by atoms with Crippen molar-refractivity contribution in [1.82, 2.24) is 0 Å². The van der Waals surface area contributed by atoms with Crippen LogP contribution in [0.2, 0.25) is 0 Å². The van der Waals surface area contributed by atoms with Crippen molar-refractivity contribution in [3.05, 3.63) is 12.2 Å². The monoisotopic (exact) mass is 150 g/mol. The Hall–Kier alpha value is -0.920. The van der Waals surface area contributed by atoms with Gasteiger partial charge in [-0.2, -0.15) is 0 Å². The number of ketones is 1. The lowest BCUT2D eigenvalue weighted by molar-refractivity contribution is -0.126. The van der Waals surface area contributed by atoms with Crippen LogP contribution in [0.25, 0.3) is 0 Å². The van der Waals surface area contributed by atoms with Crippen molar-refractivity contribution in [2.75, 3.05) is 0 Å². The van der Waals surface area contributed by atoms with Gasteiger partial charge in [0.15, 0.2) is 0 Å². The molecule has 0 saturated heterocycles. The smallest absolute Gasteiger partial charge is 0.143 e. The third-order valence-corrected chi connectivity index (χ3v) is 3.01. The van der Waals surface area contributed by atoms with Crippen LogP contribution < -0.4 is 0 Å². The summed E-state index contributed by atoms with van der Waals surface area (Å²) in [7, 11) is 0. The summed E-state index contributed by atoms with van der Waals surface area (Å²) in [6, 6.07) is 0. The fourth-order valence-corrected chi connectivity index (χ4v) is 2.15. The highest BCUT2D eigenvalue weighted by molar-refractivity contribution is 5.94. The molecule has 0 aromatic heterocycles. The van der Waals surface area contributed by atoms with Crippen LogP contribution >= 0.6 is 0 Å². The molecule has 3 atom stereocenters. The SMILES string of the molecule is C[C@]12C=C[C@H](CC1=O)[C@@H]2C=O. The minimum absolute atomic E-state index is 0.0741. The van der Waals surface area contributed by atoms with E-state index in [1.54, 1.807) is 0 Å². The molecule has 0 amide bonds. The van der Waals surface area contributed by atoms with Gasteiger partial charge in [-0.05, 0) is 12.8 Å². The molecule has 2 heteroatoms. The van der Waals surface area contributed by atoms with Crippen molar-refractivity contribution in [2.45, 2.75) is 13.3 Å². The van der Waals surface area contributed by atoms with Crippen LogP contribution in [-0.4, -0.2) is 12.1 Å². The molecule has 0 aliphatic heterocycles. The second-order valence-electron chi connectivity index (χ2n) is 3.59. The average Bonchev–Trinajstić information content (AvgIpc) is 2.38. The maximum atomic E-state index is 11.3. The lowest BCUT2D eigenvalue weighted by Gasteiger charge is -2.18. The Kier molecular flexibility index (Phi) is 1.12. The van der Waals surface area contributed by atoms with Crippen LogP contribution in [0.4, 0.5) is 0 Å². The van der Waals surface area contributed by atoms with Gasteiger partial charge >= 0.3 is 0 Å². The molecule has 2 rings (SSSR count). The van der Waals surface area contributed by atoms with Gasteiger partial charge in [-0.3, -0.25) is 4.79 Å². The van der Waals surface area contributed by atoms with Crippen molar-refractivity contribution in [3.8, 4) is 0 Å². The van der Waals surface area contributed by atoms with Crippen molar-refractivity contribution in [2.24, 2.45) is 17.3 Å². The number of carbonyl (C=O) groups is 2. The Morgan fingerprint density at radius 3 is 2.73 bits per heavy atom. The van der Waals surface area contributed by atoms with E-state index in [1.165, 1.54) is 0 Å². The minimum Gasteiger partial charge on any atom is -0.303 e. The van der Waals surface area contributed by atoms with E-state index >= 15 is 0 Å². The Bertz CT molecular complexity index is 254. The average molecular weight is 150 g/mol. The van der Waals surface area contributed by atoms with Gasteiger partial charge in [0.2, 0.25) is 0 Å². The number of allylic oxidation sites excluding steroid dienone is 2. The van der Waals surface area contributed by atoms with E-state index < -0.39 is 5.41 Å². The standard InChI is InChI=1S/C9H10O2/c1-9-3-2-6(4-8(9)11)7(9)5-10/h2-3,5-7H,4H2,1H3/t6-,7+,9-/m1/s1. The first-order valence-corrected chi connectivity index (χ1v) is 3.86. The lowest BCUT2D eigenvalue weighted by atomic mass is 9.82. The third-order valence-electron chi connectivity index (χ3n) is 3.01. The highest BCUT2D eigenvalue weighted by atomic mass is 16.1. The van der Waals surface area contributed by atoms with Crippen LogP contribution in [0.15, 0.2) is 12.2 Å². The predicted octanol–water partition coefficient (Wildman–Crippen LogP) is 0.967. The Morgan fingerprint density at radius 1 is 1.73 bits per heavy atom. The zero-order valence-electron chi connectivity index (χ0n) is 6.41. The Morgan fingerprint density at radius 2 is 2.45 bits per heavy atom. The summed E-state index contributed by atoms with van der Waals surface area (Å²) in [6.07, 6.45) is 5.38. The normalized spacial score (nSPS) is 46.8. The lowest BCUT2D eigenvalue weighted by Crippen LogP contribution is -2.25.